The quantitative estimate of drug-likeness (QED) is 0.849. The third kappa shape index (κ3) is 3.10. The van der Waals surface area contributed by atoms with Crippen molar-refractivity contribution in [3.8, 4) is 0 Å². The molecule has 1 aliphatic carbocycles. The first-order valence-corrected chi connectivity index (χ1v) is 7.54. The summed E-state index contributed by atoms with van der Waals surface area (Å²) in [5, 5.41) is 0. The highest BCUT2D eigenvalue weighted by Gasteiger charge is 2.32. The Morgan fingerprint density at radius 1 is 1.29 bits per heavy atom. The van der Waals surface area contributed by atoms with Crippen LogP contribution < -0.4 is 4.90 Å². The van der Waals surface area contributed by atoms with Gasteiger partial charge in [0.05, 0.1) is 13.2 Å². The summed E-state index contributed by atoms with van der Waals surface area (Å²) in [5.41, 5.74) is 3.58. The highest BCUT2D eigenvalue weighted by Crippen LogP contribution is 2.29. The molecule has 0 radical (unpaired) electrons. The summed E-state index contributed by atoms with van der Waals surface area (Å²) in [5.74, 6) is 0. The molecular weight excluding hydrogens is 266 g/mol. The average molecular weight is 287 g/mol. The van der Waals surface area contributed by atoms with E-state index in [9.17, 15) is 4.79 Å². The zero-order valence-corrected chi connectivity index (χ0v) is 12.4. The number of amides is 1. The van der Waals surface area contributed by atoms with Crippen LogP contribution in [0, 0.1) is 0 Å². The van der Waals surface area contributed by atoms with E-state index in [-0.39, 0.29) is 12.2 Å². The third-order valence-electron chi connectivity index (χ3n) is 4.07. The van der Waals surface area contributed by atoms with Crippen LogP contribution in [0.3, 0.4) is 0 Å². The highest BCUT2D eigenvalue weighted by molar-refractivity contribution is 5.90. The first-order chi connectivity index (χ1) is 10.3. The number of cyclic esters (lactones) is 1. The number of anilines is 1. The van der Waals surface area contributed by atoms with Crippen molar-refractivity contribution in [2.45, 2.75) is 31.8 Å². The molecule has 0 bridgehead atoms. The van der Waals surface area contributed by atoms with Crippen LogP contribution in [-0.2, 0) is 9.47 Å². The van der Waals surface area contributed by atoms with E-state index in [1.54, 1.807) is 12.0 Å². The summed E-state index contributed by atoms with van der Waals surface area (Å²) in [4.78, 5) is 13.6. The molecular formula is C17H21NO3. The Kier molecular flexibility index (Phi) is 4.25. The van der Waals surface area contributed by atoms with Gasteiger partial charge in [0.25, 0.3) is 0 Å². The standard InChI is InChI=1S/C17H21NO3/c1-20-12-16-11-18(17(19)21-16)15-9-7-14(8-10-15)13-5-3-2-4-6-13/h5,7-10,16H,2-4,6,11-12H2,1H3. The summed E-state index contributed by atoms with van der Waals surface area (Å²) < 4.78 is 10.3. The molecule has 1 fully saturated rings. The Bertz CT molecular complexity index is 535. The van der Waals surface area contributed by atoms with Crippen molar-refractivity contribution in [3.05, 3.63) is 35.9 Å². The number of carbonyl (C=O) groups is 1. The number of ether oxygens (including phenoxy) is 2. The summed E-state index contributed by atoms with van der Waals surface area (Å²) in [6.07, 6.45) is 6.75. The van der Waals surface area contributed by atoms with Gasteiger partial charge in [0.15, 0.2) is 0 Å². The smallest absolute Gasteiger partial charge is 0.414 e. The van der Waals surface area contributed by atoms with E-state index in [2.05, 4.69) is 18.2 Å². The lowest BCUT2D eigenvalue weighted by Crippen LogP contribution is -2.25. The number of allylic oxidation sites excluding steroid dienone is 2. The first kappa shape index (κ1) is 14.1. The van der Waals surface area contributed by atoms with Crippen molar-refractivity contribution in [2.24, 2.45) is 0 Å². The Morgan fingerprint density at radius 3 is 2.76 bits per heavy atom. The summed E-state index contributed by atoms with van der Waals surface area (Å²) in [6.45, 7) is 0.988. The lowest BCUT2D eigenvalue weighted by atomic mass is 9.93. The van der Waals surface area contributed by atoms with E-state index in [1.807, 2.05) is 12.1 Å². The van der Waals surface area contributed by atoms with Crippen molar-refractivity contribution in [3.63, 3.8) is 0 Å². The summed E-state index contributed by atoms with van der Waals surface area (Å²) in [6, 6.07) is 8.20. The van der Waals surface area contributed by atoms with E-state index < -0.39 is 0 Å². The van der Waals surface area contributed by atoms with E-state index in [0.717, 1.165) is 12.1 Å². The number of nitrogens with zero attached hydrogens (tertiary/aromatic N) is 1. The second kappa shape index (κ2) is 6.31. The Balaban J connectivity index is 1.72. The van der Waals surface area contributed by atoms with Gasteiger partial charge in [0.1, 0.15) is 6.10 Å². The van der Waals surface area contributed by atoms with Gasteiger partial charge in [-0.1, -0.05) is 18.2 Å². The van der Waals surface area contributed by atoms with Crippen LogP contribution in [0.1, 0.15) is 31.2 Å². The summed E-state index contributed by atoms with van der Waals surface area (Å²) in [7, 11) is 1.61. The van der Waals surface area contributed by atoms with Gasteiger partial charge < -0.3 is 9.47 Å². The zero-order valence-electron chi connectivity index (χ0n) is 12.4. The average Bonchev–Trinajstić information content (AvgIpc) is 2.89. The van der Waals surface area contributed by atoms with E-state index in [0.29, 0.717) is 13.2 Å². The molecule has 2 aliphatic rings. The fraction of sp³-hybridized carbons (Fsp3) is 0.471. The molecule has 1 aliphatic heterocycles. The Hall–Kier alpha value is -1.81. The largest absolute Gasteiger partial charge is 0.441 e. The predicted octanol–water partition coefficient (Wildman–Crippen LogP) is 3.62. The minimum Gasteiger partial charge on any atom is -0.441 e. The van der Waals surface area contributed by atoms with Gasteiger partial charge in [0, 0.05) is 12.8 Å². The molecule has 1 heterocycles. The molecule has 0 aromatic heterocycles. The van der Waals surface area contributed by atoms with Crippen LogP contribution in [0.15, 0.2) is 30.3 Å². The fourth-order valence-corrected chi connectivity index (χ4v) is 2.96. The molecule has 0 N–H and O–H groups in total. The van der Waals surface area contributed by atoms with Gasteiger partial charge in [-0.25, -0.2) is 4.79 Å². The van der Waals surface area contributed by atoms with Crippen molar-refractivity contribution in [1.29, 1.82) is 0 Å². The van der Waals surface area contributed by atoms with Crippen LogP contribution in [-0.4, -0.2) is 32.5 Å². The van der Waals surface area contributed by atoms with Crippen molar-refractivity contribution in [1.82, 2.24) is 0 Å². The van der Waals surface area contributed by atoms with E-state index in [4.69, 9.17) is 9.47 Å². The monoisotopic (exact) mass is 287 g/mol. The van der Waals surface area contributed by atoms with E-state index >= 15 is 0 Å². The van der Waals surface area contributed by atoms with E-state index in [1.165, 1.54) is 30.4 Å². The van der Waals surface area contributed by atoms with Crippen LogP contribution in [0.5, 0.6) is 0 Å². The molecule has 1 unspecified atom stereocenters. The van der Waals surface area contributed by atoms with Crippen LogP contribution >= 0.6 is 0 Å². The van der Waals surface area contributed by atoms with Crippen molar-refractivity contribution < 1.29 is 14.3 Å². The molecule has 4 nitrogen and oxygen atoms in total. The number of hydrogen-bond donors (Lipinski definition) is 0. The van der Waals surface area contributed by atoms with Crippen molar-refractivity contribution in [2.75, 3.05) is 25.2 Å². The molecule has 1 aromatic rings. The topological polar surface area (TPSA) is 38.8 Å². The molecule has 4 heteroatoms. The lowest BCUT2D eigenvalue weighted by molar-refractivity contribution is 0.0718. The van der Waals surface area contributed by atoms with Gasteiger partial charge in [-0.3, -0.25) is 4.90 Å². The normalized spacial score (nSPS) is 22.1. The molecule has 0 saturated carbocycles. The Labute approximate surface area is 125 Å². The highest BCUT2D eigenvalue weighted by atomic mass is 16.6. The van der Waals surface area contributed by atoms with Crippen LogP contribution in [0.4, 0.5) is 10.5 Å². The van der Waals surface area contributed by atoms with Gasteiger partial charge in [-0.05, 0) is 49.0 Å². The second-order valence-corrected chi connectivity index (χ2v) is 5.59. The molecule has 1 saturated heterocycles. The number of methoxy groups -OCH3 is 1. The summed E-state index contributed by atoms with van der Waals surface area (Å²) >= 11 is 0. The SMILES string of the molecule is COCC1CN(c2ccc(C3=CCCCC3)cc2)C(=O)O1. The van der Waals surface area contributed by atoms with Crippen LogP contribution in [0.25, 0.3) is 5.57 Å². The zero-order chi connectivity index (χ0) is 14.7. The second-order valence-electron chi connectivity index (χ2n) is 5.59. The minimum absolute atomic E-state index is 0.178. The van der Waals surface area contributed by atoms with Crippen LogP contribution in [0.2, 0.25) is 0 Å². The van der Waals surface area contributed by atoms with Gasteiger partial charge in [-0.15, -0.1) is 0 Å². The third-order valence-corrected chi connectivity index (χ3v) is 4.07. The maximum atomic E-state index is 11.9. The first-order valence-electron chi connectivity index (χ1n) is 7.54. The minimum atomic E-state index is -0.290. The molecule has 112 valence electrons. The lowest BCUT2D eigenvalue weighted by Gasteiger charge is -2.16. The number of hydrogen-bond acceptors (Lipinski definition) is 3. The number of benzene rings is 1. The molecule has 0 spiro atoms. The molecule has 3 rings (SSSR count). The number of rotatable bonds is 4. The maximum absolute atomic E-state index is 11.9. The molecule has 1 atom stereocenters. The number of carbonyl (C=O) groups excluding carboxylic acids is 1. The molecule has 1 aromatic carbocycles. The molecule has 21 heavy (non-hydrogen) atoms. The van der Waals surface area contributed by atoms with Gasteiger partial charge in [-0.2, -0.15) is 0 Å². The Morgan fingerprint density at radius 2 is 2.10 bits per heavy atom. The fourth-order valence-electron chi connectivity index (χ4n) is 2.96. The van der Waals surface area contributed by atoms with Gasteiger partial charge >= 0.3 is 6.09 Å². The predicted molar refractivity (Wildman–Crippen MR) is 82.4 cm³/mol. The van der Waals surface area contributed by atoms with Gasteiger partial charge in [0.2, 0.25) is 0 Å². The molecule has 1 amide bonds. The maximum Gasteiger partial charge on any atom is 0.414 e. The van der Waals surface area contributed by atoms with Crippen molar-refractivity contribution >= 4 is 17.4 Å².